The predicted molar refractivity (Wildman–Crippen MR) is 69.6 cm³/mol. The molecular formula is C13H19N4+. The van der Waals surface area contributed by atoms with Crippen LogP contribution in [0.15, 0.2) is 33.8 Å². The minimum atomic E-state index is 0.607. The van der Waals surface area contributed by atoms with Crippen LogP contribution in [0, 0.1) is 5.92 Å². The summed E-state index contributed by atoms with van der Waals surface area (Å²) in [6.07, 6.45) is 10.4. The Hall–Kier alpha value is -1.26. The van der Waals surface area contributed by atoms with Gasteiger partial charge >= 0.3 is 0 Å². The zero-order chi connectivity index (χ0) is 11.9. The van der Waals surface area contributed by atoms with E-state index in [-0.39, 0.29) is 0 Å². The molecule has 3 aliphatic heterocycles. The Labute approximate surface area is 102 Å². The minimum Gasteiger partial charge on any atom is -0.306 e. The topological polar surface area (TPSA) is 28.0 Å². The Kier molecular flexibility index (Phi) is 2.49. The van der Waals surface area contributed by atoms with Gasteiger partial charge in [0.1, 0.15) is 11.9 Å². The molecule has 0 saturated carbocycles. The average molecular weight is 231 g/mol. The molecule has 0 aromatic rings. The van der Waals surface area contributed by atoms with Crippen molar-refractivity contribution in [2.24, 2.45) is 15.9 Å². The van der Waals surface area contributed by atoms with E-state index in [1.165, 1.54) is 37.3 Å². The van der Waals surface area contributed by atoms with Crippen molar-refractivity contribution in [3.05, 3.63) is 23.8 Å². The lowest BCUT2D eigenvalue weighted by molar-refractivity contribution is -0.706. The number of piperidine rings is 1. The Morgan fingerprint density at radius 1 is 1.35 bits per heavy atom. The third kappa shape index (κ3) is 1.77. The highest BCUT2D eigenvalue weighted by Gasteiger charge is 2.37. The first-order chi connectivity index (χ1) is 8.19. The maximum Gasteiger partial charge on any atom is 0.200 e. The van der Waals surface area contributed by atoms with Crippen LogP contribution in [-0.2, 0) is 0 Å². The van der Waals surface area contributed by atoms with Crippen LogP contribution in [-0.4, -0.2) is 49.1 Å². The van der Waals surface area contributed by atoms with E-state index in [2.05, 4.69) is 35.2 Å². The largest absolute Gasteiger partial charge is 0.306 e. The fourth-order valence-electron chi connectivity index (χ4n) is 2.75. The number of allylic oxidation sites excluding steroid dienone is 2. The first-order valence-corrected chi connectivity index (χ1v) is 6.24. The van der Waals surface area contributed by atoms with Crippen molar-refractivity contribution >= 4 is 12.6 Å². The molecule has 3 aliphatic rings. The second-order valence-electron chi connectivity index (χ2n) is 5.32. The smallest absolute Gasteiger partial charge is 0.200 e. The summed E-state index contributed by atoms with van der Waals surface area (Å²) in [4.78, 5) is 11.3. The van der Waals surface area contributed by atoms with Gasteiger partial charge in [-0.1, -0.05) is 0 Å². The van der Waals surface area contributed by atoms with Gasteiger partial charge in [0.25, 0.3) is 0 Å². The summed E-state index contributed by atoms with van der Waals surface area (Å²) in [7, 11) is 4.35. The summed E-state index contributed by atoms with van der Waals surface area (Å²) in [5.41, 5.74) is 2.51. The van der Waals surface area contributed by atoms with Gasteiger partial charge in [0.2, 0.25) is 0 Å². The molecule has 4 nitrogen and oxygen atoms in total. The van der Waals surface area contributed by atoms with Crippen LogP contribution >= 0.6 is 0 Å². The Morgan fingerprint density at radius 2 is 2.12 bits per heavy atom. The number of nitrogens with zero attached hydrogens (tertiary/aromatic N) is 4. The fourth-order valence-corrected chi connectivity index (χ4v) is 2.75. The summed E-state index contributed by atoms with van der Waals surface area (Å²) in [6.45, 7) is 2.35. The lowest BCUT2D eigenvalue weighted by atomic mass is 9.92. The number of likely N-dealkylation sites (tertiary alicyclic amines) is 1. The number of hydrogen-bond donors (Lipinski definition) is 0. The highest BCUT2D eigenvalue weighted by Crippen LogP contribution is 2.34. The van der Waals surface area contributed by atoms with Crippen molar-refractivity contribution in [2.45, 2.75) is 12.8 Å². The molecule has 1 unspecified atom stereocenters. The van der Waals surface area contributed by atoms with Crippen LogP contribution < -0.4 is 0 Å². The first kappa shape index (κ1) is 10.9. The van der Waals surface area contributed by atoms with Gasteiger partial charge in [-0.3, -0.25) is 4.99 Å². The molecule has 0 spiro atoms. The number of quaternary nitrogens is 1. The molecule has 0 bridgehead atoms. The molecule has 90 valence electrons. The van der Waals surface area contributed by atoms with Gasteiger partial charge < -0.3 is 4.90 Å². The maximum absolute atomic E-state index is 4.67. The van der Waals surface area contributed by atoms with E-state index < -0.39 is 0 Å². The molecule has 1 fully saturated rings. The normalized spacial score (nSPS) is 33.5. The van der Waals surface area contributed by atoms with Gasteiger partial charge in [0.05, 0.1) is 19.5 Å². The third-order valence-corrected chi connectivity index (χ3v) is 3.98. The summed E-state index contributed by atoms with van der Waals surface area (Å²) >= 11 is 0. The fraction of sp³-hybridized carbons (Fsp3) is 0.538. The molecule has 0 radical (unpaired) electrons. The summed E-state index contributed by atoms with van der Waals surface area (Å²) in [6, 6.07) is 0. The molecule has 0 N–H and O–H groups in total. The molecule has 4 heteroatoms. The second kappa shape index (κ2) is 3.89. The zero-order valence-electron chi connectivity index (χ0n) is 10.5. The molecule has 3 heterocycles. The van der Waals surface area contributed by atoms with Crippen molar-refractivity contribution in [3.8, 4) is 0 Å². The van der Waals surface area contributed by atoms with Crippen LogP contribution in [0.1, 0.15) is 12.8 Å². The third-order valence-electron chi connectivity index (χ3n) is 3.98. The van der Waals surface area contributed by atoms with Crippen LogP contribution in [0.25, 0.3) is 0 Å². The highest BCUT2D eigenvalue weighted by atomic mass is 15.4. The van der Waals surface area contributed by atoms with Crippen LogP contribution in [0.4, 0.5) is 0 Å². The second-order valence-corrected chi connectivity index (χ2v) is 5.32. The van der Waals surface area contributed by atoms with Crippen molar-refractivity contribution in [2.75, 3.05) is 27.2 Å². The van der Waals surface area contributed by atoms with Crippen molar-refractivity contribution in [3.63, 3.8) is 0 Å². The number of aliphatic imine (C=N–C) groups is 2. The van der Waals surface area contributed by atoms with E-state index in [0.29, 0.717) is 10.4 Å². The van der Waals surface area contributed by atoms with Crippen molar-refractivity contribution < 1.29 is 4.48 Å². The molecular weight excluding hydrogens is 212 g/mol. The van der Waals surface area contributed by atoms with E-state index in [9.17, 15) is 0 Å². The van der Waals surface area contributed by atoms with Gasteiger partial charge in [0.15, 0.2) is 12.0 Å². The van der Waals surface area contributed by atoms with Gasteiger partial charge in [-0.05, 0) is 33.0 Å². The standard InChI is InChI=1S/C13H19N4/c1-16-6-3-11(4-7-16)13-12-9-14-5-8-17(12,2)10-15-13/h5,8-11H,3-4,6-7H2,1-2H3/q+1. The minimum absolute atomic E-state index is 0.607. The summed E-state index contributed by atoms with van der Waals surface area (Å²) in [5, 5.41) is 0. The number of rotatable bonds is 1. The Bertz CT molecular complexity index is 438. The molecule has 1 saturated heterocycles. The van der Waals surface area contributed by atoms with Crippen LogP contribution in [0.5, 0.6) is 0 Å². The summed E-state index contributed by atoms with van der Waals surface area (Å²) in [5.74, 6) is 0.607. The molecule has 3 rings (SSSR count). The first-order valence-electron chi connectivity index (χ1n) is 6.24. The predicted octanol–water partition coefficient (Wildman–Crippen LogP) is 1.58. The molecule has 0 aromatic carbocycles. The van der Waals surface area contributed by atoms with Gasteiger partial charge in [0, 0.05) is 5.92 Å². The van der Waals surface area contributed by atoms with Gasteiger partial charge in [-0.25, -0.2) is 9.48 Å². The summed E-state index contributed by atoms with van der Waals surface area (Å²) < 4.78 is 0.686. The van der Waals surface area contributed by atoms with E-state index in [1.807, 2.05) is 18.8 Å². The Balaban J connectivity index is 1.89. The monoisotopic (exact) mass is 231 g/mol. The van der Waals surface area contributed by atoms with E-state index in [1.54, 1.807) is 0 Å². The molecule has 17 heavy (non-hydrogen) atoms. The lowest BCUT2D eigenvalue weighted by Gasteiger charge is -2.29. The highest BCUT2D eigenvalue weighted by molar-refractivity contribution is 5.83. The van der Waals surface area contributed by atoms with E-state index >= 15 is 0 Å². The van der Waals surface area contributed by atoms with Crippen molar-refractivity contribution in [1.82, 2.24) is 4.90 Å². The quantitative estimate of drug-likeness (QED) is 0.630. The van der Waals surface area contributed by atoms with Gasteiger partial charge in [-0.15, -0.1) is 0 Å². The van der Waals surface area contributed by atoms with Gasteiger partial charge in [-0.2, -0.15) is 0 Å². The van der Waals surface area contributed by atoms with E-state index in [0.717, 1.165) is 0 Å². The molecule has 0 aliphatic carbocycles. The van der Waals surface area contributed by atoms with E-state index in [4.69, 9.17) is 0 Å². The lowest BCUT2D eigenvalue weighted by Crippen LogP contribution is -2.36. The number of fused-ring (bicyclic) bond motifs is 1. The van der Waals surface area contributed by atoms with Crippen LogP contribution in [0.2, 0.25) is 0 Å². The SMILES string of the molecule is CN1CCC(C2=C3C=NC=C[N+]3(C)C=N2)CC1. The average Bonchev–Trinajstić information content (AvgIpc) is 2.68. The molecule has 0 aromatic heterocycles. The maximum atomic E-state index is 4.67. The molecule has 0 amide bonds. The van der Waals surface area contributed by atoms with Crippen LogP contribution in [0.3, 0.4) is 0 Å². The number of hydrogen-bond acceptors (Lipinski definition) is 3. The van der Waals surface area contributed by atoms with Crippen molar-refractivity contribution in [1.29, 1.82) is 0 Å². The molecule has 1 atom stereocenters. The Morgan fingerprint density at radius 3 is 2.88 bits per heavy atom. The zero-order valence-corrected chi connectivity index (χ0v) is 10.5.